The van der Waals surface area contributed by atoms with Gasteiger partial charge in [-0.05, 0) is 49.7 Å². The Bertz CT molecular complexity index is 520. The molecule has 0 saturated carbocycles. The minimum absolute atomic E-state index is 0.716. The zero-order valence-corrected chi connectivity index (χ0v) is 12.8. The number of hydrogen-bond acceptors (Lipinski definition) is 3. The Labute approximate surface area is 126 Å². The maximum Gasteiger partial charge on any atom is 0.119 e. The Balaban J connectivity index is 1.58. The molecule has 3 heteroatoms. The second-order valence-corrected chi connectivity index (χ2v) is 5.04. The lowest BCUT2D eigenvalue weighted by molar-refractivity contribution is 0.307. The van der Waals surface area contributed by atoms with Crippen LogP contribution in [0.15, 0.2) is 48.5 Å². The lowest BCUT2D eigenvalue weighted by atomic mass is 10.1. The predicted molar refractivity (Wildman–Crippen MR) is 86.0 cm³/mol. The predicted octanol–water partition coefficient (Wildman–Crippen LogP) is 3.56. The summed E-state index contributed by atoms with van der Waals surface area (Å²) in [5.74, 6) is 1.73. The molecule has 0 spiro atoms. The molecule has 0 bridgehead atoms. The molecule has 0 radical (unpaired) electrons. The molecule has 3 nitrogen and oxygen atoms in total. The van der Waals surface area contributed by atoms with Gasteiger partial charge in [0.05, 0.1) is 13.7 Å². The van der Waals surface area contributed by atoms with E-state index in [0.717, 1.165) is 31.0 Å². The molecular formula is C18H23NO2. The fourth-order valence-electron chi connectivity index (χ4n) is 2.00. The van der Waals surface area contributed by atoms with Gasteiger partial charge < -0.3 is 14.8 Å². The van der Waals surface area contributed by atoms with Crippen molar-refractivity contribution in [3.63, 3.8) is 0 Å². The topological polar surface area (TPSA) is 30.5 Å². The van der Waals surface area contributed by atoms with Crippen LogP contribution in [0.3, 0.4) is 0 Å². The summed E-state index contributed by atoms with van der Waals surface area (Å²) >= 11 is 0. The highest BCUT2D eigenvalue weighted by Crippen LogP contribution is 2.16. The first kappa shape index (κ1) is 15.4. The third-order valence-electron chi connectivity index (χ3n) is 3.28. The lowest BCUT2D eigenvalue weighted by Crippen LogP contribution is -2.17. The van der Waals surface area contributed by atoms with Gasteiger partial charge >= 0.3 is 0 Å². The molecule has 0 aliphatic carbocycles. The van der Waals surface area contributed by atoms with Crippen molar-refractivity contribution < 1.29 is 9.47 Å². The van der Waals surface area contributed by atoms with Crippen LogP contribution in [0.4, 0.5) is 0 Å². The van der Waals surface area contributed by atoms with Crippen molar-refractivity contribution in [2.75, 3.05) is 20.3 Å². The number of nitrogens with one attached hydrogen (secondary N) is 1. The summed E-state index contributed by atoms with van der Waals surface area (Å²) in [7, 11) is 1.66. The van der Waals surface area contributed by atoms with Gasteiger partial charge in [-0.3, -0.25) is 0 Å². The zero-order chi connectivity index (χ0) is 14.9. The number of hydrogen-bond donors (Lipinski definition) is 1. The first-order chi connectivity index (χ1) is 10.3. The largest absolute Gasteiger partial charge is 0.497 e. The Hall–Kier alpha value is -2.00. The van der Waals surface area contributed by atoms with Crippen molar-refractivity contribution in [1.82, 2.24) is 5.32 Å². The molecular weight excluding hydrogens is 262 g/mol. The molecule has 0 heterocycles. The van der Waals surface area contributed by atoms with Crippen molar-refractivity contribution in [2.45, 2.75) is 19.9 Å². The SMILES string of the molecule is COc1ccc(OCCCNCc2ccc(C)cc2)cc1. The lowest BCUT2D eigenvalue weighted by Gasteiger charge is -2.08. The van der Waals surface area contributed by atoms with E-state index in [9.17, 15) is 0 Å². The van der Waals surface area contributed by atoms with E-state index in [0.29, 0.717) is 6.61 Å². The molecule has 1 N–H and O–H groups in total. The van der Waals surface area contributed by atoms with Crippen LogP contribution in [0, 0.1) is 6.92 Å². The Morgan fingerprint density at radius 1 is 0.905 bits per heavy atom. The molecule has 0 amide bonds. The smallest absolute Gasteiger partial charge is 0.119 e. The average Bonchev–Trinajstić information content (AvgIpc) is 2.53. The fraction of sp³-hybridized carbons (Fsp3) is 0.333. The standard InChI is InChI=1S/C18H23NO2/c1-15-4-6-16(7-5-15)14-19-12-3-13-21-18-10-8-17(20-2)9-11-18/h4-11,19H,3,12-14H2,1-2H3. The quantitative estimate of drug-likeness (QED) is 0.752. The maximum absolute atomic E-state index is 5.68. The van der Waals surface area contributed by atoms with Crippen molar-refractivity contribution in [3.05, 3.63) is 59.7 Å². The van der Waals surface area contributed by atoms with E-state index in [1.165, 1.54) is 11.1 Å². The molecule has 112 valence electrons. The van der Waals surface area contributed by atoms with Crippen molar-refractivity contribution in [1.29, 1.82) is 0 Å². The van der Waals surface area contributed by atoms with Gasteiger partial charge in [0, 0.05) is 6.54 Å². The highest BCUT2D eigenvalue weighted by molar-refractivity contribution is 5.31. The first-order valence-electron chi connectivity index (χ1n) is 7.31. The van der Waals surface area contributed by atoms with Gasteiger partial charge in [0.15, 0.2) is 0 Å². The van der Waals surface area contributed by atoms with Crippen molar-refractivity contribution >= 4 is 0 Å². The van der Waals surface area contributed by atoms with Crippen LogP contribution >= 0.6 is 0 Å². The molecule has 2 aromatic carbocycles. The summed E-state index contributed by atoms with van der Waals surface area (Å²) in [4.78, 5) is 0. The molecule has 0 aromatic heterocycles. The summed E-state index contributed by atoms with van der Waals surface area (Å²) in [5.41, 5.74) is 2.61. The number of benzene rings is 2. The van der Waals surface area contributed by atoms with Gasteiger partial charge in [0.1, 0.15) is 11.5 Å². The monoisotopic (exact) mass is 285 g/mol. The third-order valence-corrected chi connectivity index (χ3v) is 3.28. The zero-order valence-electron chi connectivity index (χ0n) is 12.8. The van der Waals surface area contributed by atoms with Crippen molar-refractivity contribution in [2.24, 2.45) is 0 Å². The first-order valence-corrected chi connectivity index (χ1v) is 7.31. The second kappa shape index (κ2) is 8.32. The molecule has 0 aliphatic rings. The van der Waals surface area contributed by atoms with Crippen LogP contribution in [0.2, 0.25) is 0 Å². The Morgan fingerprint density at radius 3 is 2.24 bits per heavy atom. The summed E-state index contributed by atoms with van der Waals surface area (Å²) in [6.07, 6.45) is 0.984. The molecule has 0 atom stereocenters. The van der Waals surface area contributed by atoms with Crippen LogP contribution in [-0.4, -0.2) is 20.3 Å². The van der Waals surface area contributed by atoms with E-state index in [1.54, 1.807) is 7.11 Å². The highest BCUT2D eigenvalue weighted by atomic mass is 16.5. The van der Waals surface area contributed by atoms with E-state index >= 15 is 0 Å². The molecule has 2 rings (SSSR count). The van der Waals surface area contributed by atoms with Crippen LogP contribution in [0.5, 0.6) is 11.5 Å². The summed E-state index contributed by atoms with van der Waals surface area (Å²) in [6, 6.07) is 16.3. The number of methoxy groups -OCH3 is 1. The Morgan fingerprint density at radius 2 is 1.57 bits per heavy atom. The maximum atomic E-state index is 5.68. The van der Waals surface area contributed by atoms with Crippen LogP contribution in [-0.2, 0) is 6.54 Å². The van der Waals surface area contributed by atoms with Crippen molar-refractivity contribution in [3.8, 4) is 11.5 Å². The minimum Gasteiger partial charge on any atom is -0.497 e. The van der Waals surface area contributed by atoms with Gasteiger partial charge in [-0.2, -0.15) is 0 Å². The van der Waals surface area contributed by atoms with E-state index in [4.69, 9.17) is 9.47 Å². The minimum atomic E-state index is 0.716. The van der Waals surface area contributed by atoms with E-state index in [2.05, 4.69) is 36.5 Å². The van der Waals surface area contributed by atoms with Gasteiger partial charge in [0.25, 0.3) is 0 Å². The second-order valence-electron chi connectivity index (χ2n) is 5.04. The fourth-order valence-corrected chi connectivity index (χ4v) is 2.00. The molecule has 0 aliphatic heterocycles. The van der Waals surface area contributed by atoms with Gasteiger partial charge in [-0.15, -0.1) is 0 Å². The molecule has 2 aromatic rings. The molecule has 0 fully saturated rings. The van der Waals surface area contributed by atoms with Gasteiger partial charge in [0.2, 0.25) is 0 Å². The van der Waals surface area contributed by atoms with Gasteiger partial charge in [-0.25, -0.2) is 0 Å². The van der Waals surface area contributed by atoms with Gasteiger partial charge in [-0.1, -0.05) is 29.8 Å². The number of rotatable bonds is 8. The Kier molecular flexibility index (Phi) is 6.10. The highest BCUT2D eigenvalue weighted by Gasteiger charge is 1.96. The summed E-state index contributed by atoms with van der Waals surface area (Å²) in [5, 5.41) is 3.43. The van der Waals surface area contributed by atoms with E-state index in [1.807, 2.05) is 24.3 Å². The molecule has 0 unspecified atom stereocenters. The number of ether oxygens (including phenoxy) is 2. The van der Waals surface area contributed by atoms with Crippen LogP contribution in [0.1, 0.15) is 17.5 Å². The molecule has 21 heavy (non-hydrogen) atoms. The number of aryl methyl sites for hydroxylation is 1. The average molecular weight is 285 g/mol. The van der Waals surface area contributed by atoms with Crippen LogP contribution < -0.4 is 14.8 Å². The molecule has 0 saturated heterocycles. The van der Waals surface area contributed by atoms with Crippen LogP contribution in [0.25, 0.3) is 0 Å². The normalized spacial score (nSPS) is 10.4. The van der Waals surface area contributed by atoms with E-state index < -0.39 is 0 Å². The van der Waals surface area contributed by atoms with E-state index in [-0.39, 0.29) is 0 Å². The summed E-state index contributed by atoms with van der Waals surface area (Å²) < 4.78 is 10.8. The summed E-state index contributed by atoms with van der Waals surface area (Å²) in [6.45, 7) is 4.67. The third kappa shape index (κ3) is 5.48.